The molecule has 0 spiro atoms. The molecule has 486 valence electrons. The molecule has 0 unspecified atom stereocenters. The van der Waals surface area contributed by atoms with Gasteiger partial charge in [0.2, 0.25) is 0 Å². The van der Waals surface area contributed by atoms with Gasteiger partial charge in [0, 0.05) is 101 Å². The van der Waals surface area contributed by atoms with E-state index in [1.54, 1.807) is 79.3 Å². The Kier molecular flexibility index (Phi) is 20.7. The van der Waals surface area contributed by atoms with Gasteiger partial charge in [-0.3, -0.25) is 34.4 Å². The predicted octanol–water partition coefficient (Wildman–Crippen LogP) is 5.04. The molecular weight excluding hydrogens is 1220 g/mol. The highest BCUT2D eigenvalue weighted by Crippen LogP contribution is 2.31. The van der Waals surface area contributed by atoms with E-state index in [2.05, 4.69) is 80.7 Å². The number of morpholine rings is 1. The first-order valence-electron chi connectivity index (χ1n) is 30.5. The largest absolute Gasteiger partial charge is 0.478 e. The number of hydrogen-bond acceptors (Lipinski definition) is 24. The molecule has 95 heavy (non-hydrogen) atoms. The third-order valence-electron chi connectivity index (χ3n) is 15.1. The second kappa shape index (κ2) is 30.4. The molecule has 2 fully saturated rings. The van der Waals surface area contributed by atoms with Crippen LogP contribution in [0.15, 0.2) is 147 Å². The van der Waals surface area contributed by atoms with Gasteiger partial charge in [-0.1, -0.05) is 24.3 Å². The number of hydrogen-bond donors (Lipinski definition) is 7. The van der Waals surface area contributed by atoms with Gasteiger partial charge in [-0.2, -0.15) is 0 Å². The number of esters is 1. The number of amides is 2. The predicted molar refractivity (Wildman–Crippen MR) is 352 cm³/mol. The second-order valence-electron chi connectivity index (χ2n) is 21.6. The smallest absolute Gasteiger partial charge is 0.341 e. The van der Waals surface area contributed by atoms with Crippen molar-refractivity contribution in [1.82, 2.24) is 98.8 Å². The highest BCUT2D eigenvalue weighted by molar-refractivity contribution is 5.96. The number of aromatic nitrogens is 16. The Morgan fingerprint density at radius 1 is 0.474 bits per heavy atom. The number of nitrogens with zero attached hydrogens (tertiary/aromatic N) is 18. The van der Waals surface area contributed by atoms with Gasteiger partial charge in [0.1, 0.15) is 0 Å². The number of nitrogens with one attached hydrogen (secondary N) is 2. The second-order valence-corrected chi connectivity index (χ2v) is 21.6. The molecule has 31 nitrogen and oxygen atoms in total. The van der Waals surface area contributed by atoms with Gasteiger partial charge in [0.25, 0.3) is 11.8 Å². The van der Waals surface area contributed by atoms with Crippen LogP contribution in [0.2, 0.25) is 0 Å². The number of likely N-dealkylation sites (tertiary alicyclic amines) is 1. The first-order valence-corrected chi connectivity index (χ1v) is 30.5. The number of rotatable bonds is 17. The van der Waals surface area contributed by atoms with Gasteiger partial charge >= 0.3 is 11.9 Å². The lowest BCUT2D eigenvalue weighted by Gasteiger charge is -2.26. The summed E-state index contributed by atoms with van der Waals surface area (Å²) < 4.78 is 16.2. The summed E-state index contributed by atoms with van der Waals surface area (Å²) in [6, 6.07) is 22.1. The maximum atomic E-state index is 12.4. The molecule has 0 aliphatic carbocycles. The number of carboxylic acids is 1. The van der Waals surface area contributed by atoms with Crippen LogP contribution < -0.4 is 33.6 Å². The fourth-order valence-electron chi connectivity index (χ4n) is 10.5. The normalized spacial score (nSPS) is 13.1. The third-order valence-corrected chi connectivity index (χ3v) is 15.1. The van der Waals surface area contributed by atoms with Crippen molar-refractivity contribution in [3.8, 4) is 45.0 Å². The summed E-state index contributed by atoms with van der Waals surface area (Å²) in [5.74, 6) is -0.609. The summed E-state index contributed by atoms with van der Waals surface area (Å²) in [5.41, 5.74) is 32.6. The zero-order chi connectivity index (χ0) is 66.2. The SMILES string of the molecule is CCOC(=O)c1cnc2c(-c3ccccn3)c(N)nn2c1.Nc1nn2cc(C(=O)NCCCN3CCCC3)cnc2c1-c1ccccn1.Nc1nn2cc(C(=O)NCCCN3CCOCC3)cnc2c1-c1ccccn1.Nc1nn2cc(C(=O)O)cnc2c1-c1ccccn1. The minimum Gasteiger partial charge on any atom is -0.478 e. The van der Waals surface area contributed by atoms with Crippen LogP contribution in [-0.2, 0) is 9.47 Å². The fourth-order valence-corrected chi connectivity index (χ4v) is 10.5. The molecule has 2 amide bonds. The number of carboxylic acid groups (broad SMARTS) is 1. The molecule has 12 aromatic rings. The molecule has 14 heterocycles. The topological polar surface area (TPSA) is 414 Å². The van der Waals surface area contributed by atoms with E-state index < -0.39 is 11.9 Å². The zero-order valence-electron chi connectivity index (χ0n) is 51.7. The number of fused-ring (bicyclic) bond motifs is 4. The molecule has 0 bridgehead atoms. The molecule has 12 aromatic heterocycles. The van der Waals surface area contributed by atoms with Crippen molar-refractivity contribution in [3.05, 3.63) is 169 Å². The summed E-state index contributed by atoms with van der Waals surface area (Å²) in [7, 11) is 0. The molecule has 0 saturated carbocycles. The van der Waals surface area contributed by atoms with Crippen molar-refractivity contribution in [1.29, 1.82) is 0 Å². The van der Waals surface area contributed by atoms with Crippen LogP contribution in [0, 0.1) is 0 Å². The molecule has 2 saturated heterocycles. The minimum atomic E-state index is -1.07. The Bertz CT molecular complexity index is 4610. The lowest BCUT2D eigenvalue weighted by atomic mass is 10.2. The molecule has 11 N–H and O–H groups in total. The summed E-state index contributed by atoms with van der Waals surface area (Å²) in [5, 5.41) is 31.6. The van der Waals surface area contributed by atoms with Gasteiger partial charge in [-0.05, 0) is 107 Å². The quantitative estimate of drug-likeness (QED) is 0.0464. The number of aromatic carboxylic acids is 1. The van der Waals surface area contributed by atoms with Crippen molar-refractivity contribution in [3.63, 3.8) is 0 Å². The van der Waals surface area contributed by atoms with Crippen LogP contribution in [0.5, 0.6) is 0 Å². The number of pyridine rings is 4. The molecule has 14 rings (SSSR count). The first kappa shape index (κ1) is 64.6. The number of carbonyl (C=O) groups is 4. The Morgan fingerprint density at radius 3 is 1.16 bits per heavy atom. The highest BCUT2D eigenvalue weighted by atomic mass is 16.5. The fraction of sp³-hybridized carbons (Fsp3) is 0.250. The Labute approximate surface area is 542 Å². The molecular formula is C64H68N24O7. The number of ether oxygens (including phenoxy) is 2. The number of anilines is 4. The van der Waals surface area contributed by atoms with Crippen LogP contribution >= 0.6 is 0 Å². The lowest BCUT2D eigenvalue weighted by Crippen LogP contribution is -2.38. The Morgan fingerprint density at radius 2 is 0.811 bits per heavy atom. The van der Waals surface area contributed by atoms with Crippen molar-refractivity contribution < 1.29 is 33.8 Å². The lowest BCUT2D eigenvalue weighted by molar-refractivity contribution is 0.0374. The van der Waals surface area contributed by atoms with Crippen LogP contribution in [0.25, 0.3) is 67.6 Å². The van der Waals surface area contributed by atoms with Crippen molar-refractivity contribution in [2.45, 2.75) is 32.6 Å². The van der Waals surface area contributed by atoms with E-state index in [0.29, 0.717) is 121 Å². The van der Waals surface area contributed by atoms with Crippen molar-refractivity contribution in [2.75, 3.05) is 95.1 Å². The van der Waals surface area contributed by atoms with Crippen LogP contribution in [0.1, 0.15) is 74.0 Å². The minimum absolute atomic E-state index is 0.0440. The zero-order valence-corrected chi connectivity index (χ0v) is 51.7. The molecule has 2 aliphatic heterocycles. The van der Waals surface area contributed by atoms with Gasteiger partial charge in [0.05, 0.1) is 87.1 Å². The standard InChI is InChI=1S/C19H23N7O2.C19H23N7O.C14H13N5O2.C12H9N5O2/c20-17-16(15-4-1-2-5-21-15)18-23-12-14(13-26(18)24-17)19(27)22-6-3-7-25-8-10-28-11-9-25;20-17-16(15-6-1-2-7-21-15)18-23-12-14(13-26(18)24-17)19(27)22-8-5-11-25-9-3-4-10-25;1-2-21-14(20)9-7-17-13-11(10-5-3-4-6-16-10)12(15)18-19(13)8-9;13-10-9(8-3-1-2-4-14-8)11-15-5-7(12(18)19)6-17(11)16-10/h1-2,4-5,12-13H,3,6-11H2,(H2,20,24)(H,22,27);1-2,6-7,12-13H,3-5,8-11H2,(H2,20,24)(H,22,27);3-8H,2H2,1H3,(H2,15,18);1-6H,(H2,13,16)(H,18,19). The van der Waals surface area contributed by atoms with E-state index in [1.165, 1.54) is 58.1 Å². The first-order chi connectivity index (χ1) is 46.3. The van der Waals surface area contributed by atoms with E-state index >= 15 is 0 Å². The molecule has 0 atom stereocenters. The summed E-state index contributed by atoms with van der Waals surface area (Å²) in [4.78, 5) is 86.4. The van der Waals surface area contributed by atoms with Crippen molar-refractivity contribution in [2.24, 2.45) is 0 Å². The maximum absolute atomic E-state index is 12.4. The van der Waals surface area contributed by atoms with Crippen molar-refractivity contribution >= 4 is 69.6 Å². The highest BCUT2D eigenvalue weighted by Gasteiger charge is 2.22. The van der Waals surface area contributed by atoms with E-state index in [1.807, 2.05) is 60.7 Å². The van der Waals surface area contributed by atoms with Gasteiger partial charge in [0.15, 0.2) is 45.9 Å². The number of nitrogen functional groups attached to an aromatic ring is 4. The average molecular weight is 1290 g/mol. The van der Waals surface area contributed by atoms with Gasteiger partial charge in [-0.15, -0.1) is 20.4 Å². The van der Waals surface area contributed by atoms with Crippen LogP contribution in [0.4, 0.5) is 23.3 Å². The third kappa shape index (κ3) is 15.5. The summed E-state index contributed by atoms with van der Waals surface area (Å²) >= 11 is 0. The van der Waals surface area contributed by atoms with Gasteiger partial charge < -0.3 is 53.0 Å². The van der Waals surface area contributed by atoms with E-state index in [-0.39, 0.29) is 23.2 Å². The Balaban J connectivity index is 0.000000130. The summed E-state index contributed by atoms with van der Waals surface area (Å²) in [6.45, 7) is 11.1. The number of nitrogens with two attached hydrogens (primary N) is 4. The van der Waals surface area contributed by atoms with Crippen LogP contribution in [-0.4, -0.2) is 189 Å². The monoisotopic (exact) mass is 1280 g/mol. The number of carbonyl (C=O) groups excluding carboxylic acids is 3. The Hall–Kier alpha value is -12.0. The van der Waals surface area contributed by atoms with Crippen LogP contribution in [0.3, 0.4) is 0 Å². The molecule has 0 radical (unpaired) electrons. The molecule has 0 aromatic carbocycles. The van der Waals surface area contributed by atoms with E-state index in [9.17, 15) is 19.2 Å². The maximum Gasteiger partial charge on any atom is 0.341 e. The molecule has 2 aliphatic rings. The average Bonchev–Trinajstić information content (AvgIpc) is 1.69. The van der Waals surface area contributed by atoms with E-state index in [4.69, 9.17) is 37.5 Å². The summed E-state index contributed by atoms with van der Waals surface area (Å²) in [6.07, 6.45) is 23.1. The van der Waals surface area contributed by atoms with Gasteiger partial charge in [-0.25, -0.2) is 47.6 Å². The molecule has 31 heteroatoms. The van der Waals surface area contributed by atoms with E-state index in [0.717, 1.165) is 52.2 Å².